The third-order valence-corrected chi connectivity index (χ3v) is 4.33. The molecule has 0 radical (unpaired) electrons. The van der Waals surface area contributed by atoms with E-state index in [-0.39, 0.29) is 5.91 Å². The second kappa shape index (κ2) is 6.32. The lowest BCUT2D eigenvalue weighted by molar-refractivity contribution is -0.118. The lowest BCUT2D eigenvalue weighted by Gasteiger charge is -2.19. The summed E-state index contributed by atoms with van der Waals surface area (Å²) in [6.45, 7) is 0. The first kappa shape index (κ1) is 14.8. The topological polar surface area (TPSA) is 40.5 Å². The first-order chi connectivity index (χ1) is 10.6. The van der Waals surface area contributed by atoms with Crippen molar-refractivity contribution < 1.29 is 9.90 Å². The number of carbonyl (C=O) groups is 1. The summed E-state index contributed by atoms with van der Waals surface area (Å²) in [6.07, 6.45) is 2.43. The maximum Gasteiger partial charge on any atom is 0.226 e. The molecule has 3 rings (SSSR count). The highest BCUT2D eigenvalue weighted by Gasteiger charge is 2.20. The molecule has 1 amide bonds. The van der Waals surface area contributed by atoms with Gasteiger partial charge >= 0.3 is 0 Å². The molecule has 1 unspecified atom stereocenters. The van der Waals surface area contributed by atoms with E-state index in [9.17, 15) is 9.90 Å². The molecule has 1 aliphatic rings. The Hall–Kier alpha value is -2.13. The SMILES string of the molecule is CN1C(=O)CCCc2cc(C(O)Cc3ccccc3)ccc21. The van der Waals surface area contributed by atoms with Crippen LogP contribution in [0, 0.1) is 0 Å². The lowest BCUT2D eigenvalue weighted by Crippen LogP contribution is -2.25. The Labute approximate surface area is 131 Å². The molecule has 1 atom stereocenters. The summed E-state index contributed by atoms with van der Waals surface area (Å²) in [7, 11) is 1.83. The number of rotatable bonds is 3. The maximum absolute atomic E-state index is 11.9. The summed E-state index contributed by atoms with van der Waals surface area (Å²) >= 11 is 0. The molecule has 3 heteroatoms. The average Bonchev–Trinajstić information content (AvgIpc) is 2.68. The quantitative estimate of drug-likeness (QED) is 0.944. The predicted molar refractivity (Wildman–Crippen MR) is 87.9 cm³/mol. The normalized spacial score (nSPS) is 16.1. The van der Waals surface area contributed by atoms with Gasteiger partial charge in [0.05, 0.1) is 6.10 Å². The fourth-order valence-electron chi connectivity index (χ4n) is 3.03. The van der Waals surface area contributed by atoms with Crippen molar-refractivity contribution in [1.29, 1.82) is 0 Å². The number of carbonyl (C=O) groups excluding carboxylic acids is 1. The summed E-state index contributed by atoms with van der Waals surface area (Å²) in [6, 6.07) is 15.9. The van der Waals surface area contributed by atoms with E-state index in [2.05, 4.69) is 6.07 Å². The van der Waals surface area contributed by atoms with Gasteiger partial charge in [0.1, 0.15) is 0 Å². The van der Waals surface area contributed by atoms with Crippen molar-refractivity contribution in [2.24, 2.45) is 0 Å². The van der Waals surface area contributed by atoms with Crippen LogP contribution in [-0.4, -0.2) is 18.1 Å². The van der Waals surface area contributed by atoms with Gasteiger partial charge in [0.15, 0.2) is 0 Å². The molecule has 22 heavy (non-hydrogen) atoms. The first-order valence-electron chi connectivity index (χ1n) is 7.76. The molecule has 2 aromatic rings. The molecule has 0 bridgehead atoms. The summed E-state index contributed by atoms with van der Waals surface area (Å²) in [5.74, 6) is 0.163. The zero-order valence-corrected chi connectivity index (χ0v) is 12.8. The second-order valence-corrected chi connectivity index (χ2v) is 5.90. The number of fused-ring (bicyclic) bond motifs is 1. The van der Waals surface area contributed by atoms with Gasteiger partial charge in [0, 0.05) is 25.6 Å². The molecular weight excluding hydrogens is 274 g/mol. The smallest absolute Gasteiger partial charge is 0.226 e. The van der Waals surface area contributed by atoms with Crippen LogP contribution in [0.3, 0.4) is 0 Å². The van der Waals surface area contributed by atoms with Crippen molar-refractivity contribution in [2.45, 2.75) is 31.8 Å². The van der Waals surface area contributed by atoms with Crippen molar-refractivity contribution in [2.75, 3.05) is 11.9 Å². The molecule has 0 aromatic heterocycles. The third kappa shape index (κ3) is 3.04. The Morgan fingerprint density at radius 3 is 2.68 bits per heavy atom. The van der Waals surface area contributed by atoms with E-state index in [1.807, 2.05) is 49.5 Å². The highest BCUT2D eigenvalue weighted by atomic mass is 16.3. The Morgan fingerprint density at radius 1 is 1.14 bits per heavy atom. The maximum atomic E-state index is 11.9. The summed E-state index contributed by atoms with van der Waals surface area (Å²) in [5, 5.41) is 10.5. The third-order valence-electron chi connectivity index (χ3n) is 4.33. The minimum atomic E-state index is -0.517. The number of aliphatic hydroxyl groups excluding tert-OH is 1. The fourth-order valence-corrected chi connectivity index (χ4v) is 3.03. The number of aryl methyl sites for hydroxylation is 1. The van der Waals surface area contributed by atoms with Crippen molar-refractivity contribution in [3.05, 3.63) is 65.2 Å². The molecule has 2 aromatic carbocycles. The molecular formula is C19H21NO2. The van der Waals surface area contributed by atoms with E-state index < -0.39 is 6.10 Å². The van der Waals surface area contributed by atoms with Crippen LogP contribution in [0.2, 0.25) is 0 Å². The van der Waals surface area contributed by atoms with Crippen LogP contribution in [-0.2, 0) is 17.6 Å². The van der Waals surface area contributed by atoms with Gasteiger partial charge in [-0.15, -0.1) is 0 Å². The zero-order chi connectivity index (χ0) is 15.5. The number of aliphatic hydroxyl groups is 1. The zero-order valence-electron chi connectivity index (χ0n) is 12.8. The lowest BCUT2D eigenvalue weighted by atomic mass is 9.97. The Kier molecular flexibility index (Phi) is 4.25. The van der Waals surface area contributed by atoms with Gasteiger partial charge in [-0.3, -0.25) is 4.79 Å². The van der Waals surface area contributed by atoms with Gasteiger partial charge in [-0.25, -0.2) is 0 Å². The number of hydrogen-bond donors (Lipinski definition) is 1. The minimum absolute atomic E-state index is 0.163. The van der Waals surface area contributed by atoms with Crippen LogP contribution in [0.15, 0.2) is 48.5 Å². The van der Waals surface area contributed by atoms with Crippen LogP contribution < -0.4 is 4.90 Å². The Bertz CT molecular complexity index is 666. The highest BCUT2D eigenvalue weighted by Crippen LogP contribution is 2.29. The molecule has 1 heterocycles. The van der Waals surface area contributed by atoms with E-state index in [0.717, 1.165) is 35.2 Å². The predicted octanol–water partition coefficient (Wildman–Crippen LogP) is 3.26. The van der Waals surface area contributed by atoms with Gasteiger partial charge in [-0.1, -0.05) is 42.5 Å². The van der Waals surface area contributed by atoms with Crippen LogP contribution >= 0.6 is 0 Å². The largest absolute Gasteiger partial charge is 0.388 e. The van der Waals surface area contributed by atoms with Gasteiger partial charge in [0.2, 0.25) is 5.91 Å². The molecule has 0 aliphatic carbocycles. The van der Waals surface area contributed by atoms with E-state index >= 15 is 0 Å². The fraction of sp³-hybridized carbons (Fsp3) is 0.316. The van der Waals surface area contributed by atoms with Crippen molar-refractivity contribution in [3.8, 4) is 0 Å². The van der Waals surface area contributed by atoms with E-state index in [0.29, 0.717) is 12.8 Å². The molecule has 1 N–H and O–H groups in total. The molecule has 3 nitrogen and oxygen atoms in total. The molecule has 0 spiro atoms. The van der Waals surface area contributed by atoms with Gasteiger partial charge < -0.3 is 10.0 Å². The van der Waals surface area contributed by atoms with E-state index in [1.165, 1.54) is 0 Å². The summed E-state index contributed by atoms with van der Waals surface area (Å²) in [5.41, 5.74) is 4.17. The highest BCUT2D eigenvalue weighted by molar-refractivity contribution is 5.94. The van der Waals surface area contributed by atoms with Gasteiger partial charge in [-0.2, -0.15) is 0 Å². The summed E-state index contributed by atoms with van der Waals surface area (Å²) < 4.78 is 0. The number of amides is 1. The average molecular weight is 295 g/mol. The number of benzene rings is 2. The van der Waals surface area contributed by atoms with Crippen LogP contribution in [0.25, 0.3) is 0 Å². The van der Waals surface area contributed by atoms with Crippen molar-refractivity contribution in [1.82, 2.24) is 0 Å². The first-order valence-corrected chi connectivity index (χ1v) is 7.76. The Morgan fingerprint density at radius 2 is 1.91 bits per heavy atom. The molecule has 1 aliphatic heterocycles. The molecule has 0 fully saturated rings. The molecule has 0 saturated carbocycles. The Balaban J connectivity index is 1.84. The van der Waals surface area contributed by atoms with E-state index in [1.54, 1.807) is 4.90 Å². The monoisotopic (exact) mass is 295 g/mol. The second-order valence-electron chi connectivity index (χ2n) is 5.90. The van der Waals surface area contributed by atoms with Crippen molar-refractivity contribution >= 4 is 11.6 Å². The van der Waals surface area contributed by atoms with E-state index in [4.69, 9.17) is 0 Å². The summed E-state index contributed by atoms with van der Waals surface area (Å²) in [4.78, 5) is 13.6. The minimum Gasteiger partial charge on any atom is -0.388 e. The van der Waals surface area contributed by atoms with Gasteiger partial charge in [-0.05, 0) is 35.6 Å². The number of anilines is 1. The molecule has 0 saturated heterocycles. The standard InChI is InChI=1S/C19H21NO2/c1-20-17-11-10-16(13-15(17)8-5-9-19(20)22)18(21)12-14-6-3-2-4-7-14/h2-4,6-7,10-11,13,18,21H,5,8-9,12H2,1H3. The van der Waals surface area contributed by atoms with Crippen LogP contribution in [0.5, 0.6) is 0 Å². The van der Waals surface area contributed by atoms with Gasteiger partial charge in [0.25, 0.3) is 0 Å². The number of nitrogens with zero attached hydrogens (tertiary/aromatic N) is 1. The van der Waals surface area contributed by atoms with Crippen molar-refractivity contribution in [3.63, 3.8) is 0 Å². The van der Waals surface area contributed by atoms with Crippen LogP contribution in [0.4, 0.5) is 5.69 Å². The molecule has 114 valence electrons. The van der Waals surface area contributed by atoms with Crippen LogP contribution in [0.1, 0.15) is 35.6 Å². The number of hydrogen-bond acceptors (Lipinski definition) is 2.